The molecule has 0 unspecified atom stereocenters. The third-order valence-corrected chi connectivity index (χ3v) is 6.84. The number of anilines is 6. The largest absolute Gasteiger partial charge is 0.311 e. The Labute approximate surface area is 194 Å². The molecule has 0 fully saturated rings. The van der Waals surface area contributed by atoms with Crippen LogP contribution in [0.15, 0.2) is 127 Å². The lowest BCUT2D eigenvalue weighted by atomic mass is 9.33. The van der Waals surface area contributed by atoms with Gasteiger partial charge in [0.2, 0.25) is 0 Å². The molecule has 0 aliphatic carbocycles. The van der Waals surface area contributed by atoms with Crippen LogP contribution in [0.4, 0.5) is 34.1 Å². The molecule has 3 heteroatoms. The van der Waals surface area contributed by atoms with Crippen LogP contribution in [0.3, 0.4) is 0 Å². The summed E-state index contributed by atoms with van der Waals surface area (Å²) in [5, 5.41) is 0. The van der Waals surface area contributed by atoms with E-state index < -0.39 is 0 Å². The molecule has 0 amide bonds. The summed E-state index contributed by atoms with van der Waals surface area (Å²) in [6.45, 7) is 0.198. The average Bonchev–Trinajstić information content (AvgIpc) is 2.89. The number of rotatable bonds is 2. The van der Waals surface area contributed by atoms with Crippen molar-refractivity contribution >= 4 is 57.2 Å². The molecule has 33 heavy (non-hydrogen) atoms. The molecule has 154 valence electrons. The summed E-state index contributed by atoms with van der Waals surface area (Å²) in [6, 6.07) is 45.9. The predicted octanol–water partition coefficient (Wildman–Crippen LogP) is 5.77. The molecule has 0 spiro atoms. The molecule has 0 bridgehead atoms. The molecule has 0 atom stereocenters. The van der Waals surface area contributed by atoms with Gasteiger partial charge in [-0.1, -0.05) is 78.9 Å². The number of hydrogen-bond donors (Lipinski definition) is 0. The summed E-state index contributed by atoms with van der Waals surface area (Å²) in [5.41, 5.74) is 11.4. The van der Waals surface area contributed by atoms with E-state index in [1.807, 2.05) is 0 Å². The van der Waals surface area contributed by atoms with Crippen LogP contribution in [0.25, 0.3) is 0 Å². The van der Waals surface area contributed by atoms with E-state index in [0.29, 0.717) is 0 Å². The Morgan fingerprint density at radius 2 is 0.758 bits per heavy atom. The second kappa shape index (κ2) is 7.14. The number of benzene rings is 5. The molecule has 2 aliphatic rings. The van der Waals surface area contributed by atoms with Crippen molar-refractivity contribution < 1.29 is 0 Å². The van der Waals surface area contributed by atoms with Gasteiger partial charge >= 0.3 is 0 Å². The summed E-state index contributed by atoms with van der Waals surface area (Å²) in [6.07, 6.45) is 0. The molecule has 0 saturated heterocycles. The maximum Gasteiger partial charge on any atom is 0.252 e. The molecule has 7 rings (SSSR count). The second-order valence-corrected chi connectivity index (χ2v) is 8.60. The lowest BCUT2D eigenvalue weighted by Gasteiger charge is -2.44. The van der Waals surface area contributed by atoms with Crippen LogP contribution in [0, 0.1) is 0 Å². The number of hydrogen-bond acceptors (Lipinski definition) is 2. The maximum absolute atomic E-state index is 2.42. The van der Waals surface area contributed by atoms with E-state index >= 15 is 0 Å². The van der Waals surface area contributed by atoms with Gasteiger partial charge in [-0.25, -0.2) is 0 Å². The fourth-order valence-corrected chi connectivity index (χ4v) is 5.55. The Kier molecular flexibility index (Phi) is 3.97. The van der Waals surface area contributed by atoms with Crippen LogP contribution in [0.5, 0.6) is 0 Å². The van der Waals surface area contributed by atoms with E-state index in [4.69, 9.17) is 0 Å². The molecule has 0 N–H and O–H groups in total. The van der Waals surface area contributed by atoms with Crippen LogP contribution in [0.2, 0.25) is 0 Å². The van der Waals surface area contributed by atoms with Gasteiger partial charge < -0.3 is 9.80 Å². The first kappa shape index (κ1) is 18.3. The van der Waals surface area contributed by atoms with Gasteiger partial charge in [0.05, 0.1) is 0 Å². The standard InChI is InChI=1S/C30H21BN2/c1-3-12-22(13-4-1)32-26-18-9-7-16-24(26)31-25-17-8-10-19-27(25)33(23-14-5-2-6-15-23)29-21-11-20-28(32)30(29)31/h1-21H. The SMILES string of the molecule is c1ccc(N2c3ccccc3B3c4ccccc4N(c4ccccc4)c4cccc2c43)cc1. The van der Waals surface area contributed by atoms with E-state index in [-0.39, 0.29) is 6.71 Å². The smallest absolute Gasteiger partial charge is 0.252 e. The van der Waals surface area contributed by atoms with E-state index in [2.05, 4.69) is 137 Å². The zero-order valence-corrected chi connectivity index (χ0v) is 18.1. The lowest BCUT2D eigenvalue weighted by Crippen LogP contribution is -2.61. The Balaban J connectivity index is 1.58. The van der Waals surface area contributed by atoms with E-state index in [0.717, 1.165) is 0 Å². The van der Waals surface area contributed by atoms with Gasteiger partial charge in [-0.2, -0.15) is 0 Å². The number of nitrogens with zero attached hydrogens (tertiary/aromatic N) is 2. The lowest BCUT2D eigenvalue weighted by molar-refractivity contribution is 1.25. The second-order valence-electron chi connectivity index (χ2n) is 8.60. The van der Waals surface area contributed by atoms with Crippen molar-refractivity contribution in [2.75, 3.05) is 9.80 Å². The topological polar surface area (TPSA) is 6.48 Å². The van der Waals surface area contributed by atoms with Crippen molar-refractivity contribution in [1.82, 2.24) is 0 Å². The van der Waals surface area contributed by atoms with Crippen molar-refractivity contribution in [2.24, 2.45) is 0 Å². The normalized spacial score (nSPS) is 13.3. The molecule has 0 aromatic heterocycles. The number of para-hydroxylation sites is 4. The van der Waals surface area contributed by atoms with Gasteiger partial charge in [0, 0.05) is 34.1 Å². The van der Waals surface area contributed by atoms with Crippen molar-refractivity contribution in [3.05, 3.63) is 127 Å². The van der Waals surface area contributed by atoms with Gasteiger partial charge in [0.15, 0.2) is 0 Å². The highest BCUT2D eigenvalue weighted by Gasteiger charge is 2.42. The van der Waals surface area contributed by atoms with E-state index in [1.54, 1.807) is 0 Å². The summed E-state index contributed by atoms with van der Waals surface area (Å²) in [7, 11) is 0. The summed E-state index contributed by atoms with van der Waals surface area (Å²) < 4.78 is 0. The molecular weight excluding hydrogens is 399 g/mol. The molecular formula is C30H21BN2. The van der Waals surface area contributed by atoms with Crippen molar-refractivity contribution in [3.63, 3.8) is 0 Å². The van der Waals surface area contributed by atoms with Gasteiger partial charge in [0.25, 0.3) is 6.71 Å². The third kappa shape index (κ3) is 2.63. The fraction of sp³-hybridized carbons (Fsp3) is 0. The summed E-state index contributed by atoms with van der Waals surface area (Å²) in [5.74, 6) is 0. The average molecular weight is 420 g/mol. The minimum absolute atomic E-state index is 0.198. The fourth-order valence-electron chi connectivity index (χ4n) is 5.55. The first-order valence-corrected chi connectivity index (χ1v) is 11.4. The van der Waals surface area contributed by atoms with Gasteiger partial charge in [0.1, 0.15) is 0 Å². The van der Waals surface area contributed by atoms with Crippen molar-refractivity contribution in [2.45, 2.75) is 0 Å². The summed E-state index contributed by atoms with van der Waals surface area (Å²) >= 11 is 0. The molecule has 5 aromatic carbocycles. The highest BCUT2D eigenvalue weighted by Crippen LogP contribution is 2.43. The Hall–Kier alpha value is -4.24. The minimum Gasteiger partial charge on any atom is -0.311 e. The van der Waals surface area contributed by atoms with Gasteiger partial charge in [-0.15, -0.1) is 0 Å². The third-order valence-electron chi connectivity index (χ3n) is 6.84. The Morgan fingerprint density at radius 3 is 1.24 bits per heavy atom. The Bertz CT molecular complexity index is 1370. The predicted molar refractivity (Wildman–Crippen MR) is 140 cm³/mol. The molecule has 0 radical (unpaired) electrons. The molecule has 2 nitrogen and oxygen atoms in total. The van der Waals surface area contributed by atoms with Crippen molar-refractivity contribution in [1.29, 1.82) is 0 Å². The van der Waals surface area contributed by atoms with Crippen LogP contribution >= 0.6 is 0 Å². The highest BCUT2D eigenvalue weighted by atomic mass is 15.2. The molecule has 0 saturated carbocycles. The first-order valence-electron chi connectivity index (χ1n) is 11.4. The van der Waals surface area contributed by atoms with Crippen LogP contribution in [0.1, 0.15) is 0 Å². The quantitative estimate of drug-likeness (QED) is 0.328. The molecule has 5 aromatic rings. The minimum atomic E-state index is 0.198. The maximum atomic E-state index is 2.42. The zero-order valence-electron chi connectivity index (χ0n) is 18.1. The monoisotopic (exact) mass is 420 g/mol. The van der Waals surface area contributed by atoms with Gasteiger partial charge in [-0.3, -0.25) is 0 Å². The van der Waals surface area contributed by atoms with Crippen LogP contribution in [-0.2, 0) is 0 Å². The van der Waals surface area contributed by atoms with Crippen LogP contribution < -0.4 is 26.2 Å². The highest BCUT2D eigenvalue weighted by molar-refractivity contribution is 7.00. The molecule has 2 aliphatic heterocycles. The first-order chi connectivity index (χ1) is 16.4. The zero-order chi connectivity index (χ0) is 21.8. The van der Waals surface area contributed by atoms with Gasteiger partial charge in [-0.05, 0) is 64.9 Å². The summed E-state index contributed by atoms with van der Waals surface area (Å²) in [4.78, 5) is 4.84. The Morgan fingerprint density at radius 1 is 0.364 bits per heavy atom. The van der Waals surface area contributed by atoms with E-state index in [1.165, 1.54) is 50.5 Å². The van der Waals surface area contributed by atoms with E-state index in [9.17, 15) is 0 Å². The molecule has 2 heterocycles. The van der Waals surface area contributed by atoms with Crippen LogP contribution in [-0.4, -0.2) is 6.71 Å². The van der Waals surface area contributed by atoms with Crippen molar-refractivity contribution in [3.8, 4) is 0 Å². The number of fused-ring (bicyclic) bond motifs is 4.